The van der Waals surface area contributed by atoms with E-state index in [9.17, 15) is 18.0 Å². The van der Waals surface area contributed by atoms with Crippen molar-refractivity contribution in [3.8, 4) is 0 Å². The van der Waals surface area contributed by atoms with Crippen molar-refractivity contribution in [2.45, 2.75) is 38.3 Å². The monoisotopic (exact) mass is 274 g/mol. The Morgan fingerprint density at radius 3 is 2.39 bits per heavy atom. The standard InChI is InChI=1S/C11H18N2O4S/c1-8(14)13(10-2-3-10)6-11(15)12-9-4-5-18(16,17)7-9/h9-10H,2-7H2,1H3,(H,12,15). The molecule has 0 radical (unpaired) electrons. The van der Waals surface area contributed by atoms with Crippen LogP contribution in [0.4, 0.5) is 0 Å². The summed E-state index contributed by atoms with van der Waals surface area (Å²) < 4.78 is 22.5. The van der Waals surface area contributed by atoms with Crippen molar-refractivity contribution in [2.75, 3.05) is 18.1 Å². The molecule has 2 fully saturated rings. The van der Waals surface area contributed by atoms with Gasteiger partial charge in [-0.25, -0.2) is 8.42 Å². The highest BCUT2D eigenvalue weighted by Crippen LogP contribution is 2.26. The Hall–Kier alpha value is -1.11. The van der Waals surface area contributed by atoms with E-state index in [1.54, 1.807) is 4.90 Å². The van der Waals surface area contributed by atoms with Crippen LogP contribution < -0.4 is 5.32 Å². The number of carbonyl (C=O) groups is 2. The summed E-state index contributed by atoms with van der Waals surface area (Å²) in [6.45, 7) is 1.49. The van der Waals surface area contributed by atoms with Gasteiger partial charge in [0.25, 0.3) is 0 Å². The largest absolute Gasteiger partial charge is 0.351 e. The highest BCUT2D eigenvalue weighted by molar-refractivity contribution is 7.91. The first kappa shape index (κ1) is 13.3. The number of sulfone groups is 1. The molecular formula is C11H18N2O4S. The van der Waals surface area contributed by atoms with Crippen molar-refractivity contribution in [2.24, 2.45) is 0 Å². The summed E-state index contributed by atoms with van der Waals surface area (Å²) in [4.78, 5) is 24.7. The molecule has 1 unspecified atom stereocenters. The molecule has 7 heteroatoms. The summed E-state index contributed by atoms with van der Waals surface area (Å²) in [5.74, 6) is -0.218. The van der Waals surface area contributed by atoms with Crippen LogP contribution in [0.25, 0.3) is 0 Å². The molecule has 2 aliphatic rings. The van der Waals surface area contributed by atoms with Gasteiger partial charge in [0.15, 0.2) is 9.84 Å². The maximum atomic E-state index is 11.8. The molecule has 1 saturated heterocycles. The minimum absolute atomic E-state index is 0.0161. The van der Waals surface area contributed by atoms with E-state index < -0.39 is 9.84 Å². The average Bonchev–Trinajstić information content (AvgIpc) is 3.01. The molecule has 0 spiro atoms. The summed E-state index contributed by atoms with van der Waals surface area (Å²) in [7, 11) is -2.99. The molecule has 0 aromatic rings. The van der Waals surface area contributed by atoms with Gasteiger partial charge in [0, 0.05) is 19.0 Å². The van der Waals surface area contributed by atoms with Crippen LogP contribution in [0.15, 0.2) is 0 Å². The quantitative estimate of drug-likeness (QED) is 0.735. The third-order valence-electron chi connectivity index (χ3n) is 3.30. The van der Waals surface area contributed by atoms with Crippen molar-refractivity contribution in [1.82, 2.24) is 10.2 Å². The maximum absolute atomic E-state index is 11.8. The predicted molar refractivity (Wildman–Crippen MR) is 65.6 cm³/mol. The lowest BCUT2D eigenvalue weighted by atomic mass is 10.2. The molecular weight excluding hydrogens is 256 g/mol. The minimum atomic E-state index is -2.99. The lowest BCUT2D eigenvalue weighted by molar-refractivity contribution is -0.135. The predicted octanol–water partition coefficient (Wildman–Crippen LogP) is -0.699. The molecule has 0 aromatic carbocycles. The van der Waals surface area contributed by atoms with Crippen molar-refractivity contribution < 1.29 is 18.0 Å². The number of nitrogens with one attached hydrogen (secondary N) is 1. The topological polar surface area (TPSA) is 83.6 Å². The fourth-order valence-corrected chi connectivity index (χ4v) is 3.89. The molecule has 1 aliphatic heterocycles. The van der Waals surface area contributed by atoms with Crippen molar-refractivity contribution in [3.05, 3.63) is 0 Å². The van der Waals surface area contributed by atoms with Gasteiger partial charge in [0.1, 0.15) is 0 Å². The van der Waals surface area contributed by atoms with Gasteiger partial charge in [0.05, 0.1) is 18.1 Å². The van der Waals surface area contributed by atoms with E-state index in [1.807, 2.05) is 0 Å². The van der Waals surface area contributed by atoms with E-state index in [2.05, 4.69) is 5.32 Å². The summed E-state index contributed by atoms with van der Waals surface area (Å²) >= 11 is 0. The zero-order valence-electron chi connectivity index (χ0n) is 10.4. The average molecular weight is 274 g/mol. The summed E-state index contributed by atoms with van der Waals surface area (Å²) in [6.07, 6.45) is 2.37. The fraction of sp³-hybridized carbons (Fsp3) is 0.818. The second-order valence-corrected chi connectivity index (χ2v) is 7.27. The van der Waals surface area contributed by atoms with E-state index in [0.717, 1.165) is 12.8 Å². The number of hydrogen-bond acceptors (Lipinski definition) is 4. The van der Waals surface area contributed by atoms with Crippen LogP contribution in [-0.2, 0) is 19.4 Å². The second-order valence-electron chi connectivity index (χ2n) is 5.05. The summed E-state index contributed by atoms with van der Waals surface area (Å²) in [5, 5.41) is 2.69. The lowest BCUT2D eigenvalue weighted by Crippen LogP contribution is -2.44. The van der Waals surface area contributed by atoms with Gasteiger partial charge >= 0.3 is 0 Å². The van der Waals surface area contributed by atoms with Crippen molar-refractivity contribution in [3.63, 3.8) is 0 Å². The molecule has 18 heavy (non-hydrogen) atoms. The van der Waals surface area contributed by atoms with Crippen LogP contribution in [0.3, 0.4) is 0 Å². The Morgan fingerprint density at radius 2 is 1.94 bits per heavy atom. The molecule has 0 aromatic heterocycles. The van der Waals surface area contributed by atoms with Gasteiger partial charge < -0.3 is 10.2 Å². The Kier molecular flexibility index (Phi) is 3.61. The molecule has 2 amide bonds. The van der Waals surface area contributed by atoms with Crippen LogP contribution >= 0.6 is 0 Å². The van der Waals surface area contributed by atoms with Crippen LogP contribution in [0.5, 0.6) is 0 Å². The highest BCUT2D eigenvalue weighted by Gasteiger charge is 2.33. The molecule has 1 atom stereocenters. The first-order chi connectivity index (χ1) is 8.37. The highest BCUT2D eigenvalue weighted by atomic mass is 32.2. The van der Waals surface area contributed by atoms with Gasteiger partial charge in [-0.2, -0.15) is 0 Å². The van der Waals surface area contributed by atoms with Crippen LogP contribution in [0.1, 0.15) is 26.2 Å². The summed E-state index contributed by atoms with van der Waals surface area (Å²) in [5.41, 5.74) is 0. The van der Waals surface area contributed by atoms with Gasteiger partial charge in [-0.1, -0.05) is 0 Å². The molecule has 1 aliphatic carbocycles. The Labute approximate surface area is 107 Å². The van der Waals surface area contributed by atoms with E-state index in [0.29, 0.717) is 6.42 Å². The zero-order valence-corrected chi connectivity index (χ0v) is 11.2. The van der Waals surface area contributed by atoms with E-state index in [4.69, 9.17) is 0 Å². The fourth-order valence-electron chi connectivity index (χ4n) is 2.22. The van der Waals surface area contributed by atoms with Gasteiger partial charge in [-0.15, -0.1) is 0 Å². The smallest absolute Gasteiger partial charge is 0.239 e. The normalized spacial score (nSPS) is 25.7. The first-order valence-corrected chi connectivity index (χ1v) is 7.96. The van der Waals surface area contributed by atoms with E-state index >= 15 is 0 Å². The minimum Gasteiger partial charge on any atom is -0.351 e. The number of hydrogen-bond donors (Lipinski definition) is 1. The molecule has 0 bridgehead atoms. The molecule has 102 valence electrons. The van der Waals surface area contributed by atoms with Crippen LogP contribution in [0, 0.1) is 0 Å². The Bertz CT molecular complexity index is 456. The third kappa shape index (κ3) is 3.44. The molecule has 2 rings (SSSR count). The van der Waals surface area contributed by atoms with Gasteiger partial charge in [-0.3, -0.25) is 9.59 Å². The van der Waals surface area contributed by atoms with Crippen molar-refractivity contribution >= 4 is 21.7 Å². The molecule has 1 saturated carbocycles. The second kappa shape index (κ2) is 4.87. The third-order valence-corrected chi connectivity index (χ3v) is 5.07. The molecule has 1 N–H and O–H groups in total. The van der Waals surface area contributed by atoms with E-state index in [-0.39, 0.29) is 41.9 Å². The first-order valence-electron chi connectivity index (χ1n) is 6.14. The number of carbonyl (C=O) groups excluding carboxylic acids is 2. The van der Waals surface area contributed by atoms with E-state index in [1.165, 1.54) is 6.92 Å². The van der Waals surface area contributed by atoms with Crippen molar-refractivity contribution in [1.29, 1.82) is 0 Å². The number of amides is 2. The SMILES string of the molecule is CC(=O)N(CC(=O)NC1CCS(=O)(=O)C1)C1CC1. The van der Waals surface area contributed by atoms with Crippen LogP contribution in [0.2, 0.25) is 0 Å². The molecule has 1 heterocycles. The van der Waals surface area contributed by atoms with Gasteiger partial charge in [0.2, 0.25) is 11.8 Å². The molecule has 6 nitrogen and oxygen atoms in total. The maximum Gasteiger partial charge on any atom is 0.239 e. The van der Waals surface area contributed by atoms with Gasteiger partial charge in [-0.05, 0) is 19.3 Å². The summed E-state index contributed by atoms with van der Waals surface area (Å²) in [6, 6.07) is -0.101. The Balaban J connectivity index is 1.83. The zero-order chi connectivity index (χ0) is 13.3. The lowest BCUT2D eigenvalue weighted by Gasteiger charge is -2.21. The number of rotatable bonds is 4. The number of nitrogens with zero attached hydrogens (tertiary/aromatic N) is 1. The van der Waals surface area contributed by atoms with Crippen LogP contribution in [-0.4, -0.2) is 55.3 Å². The Morgan fingerprint density at radius 1 is 1.28 bits per heavy atom.